The van der Waals surface area contributed by atoms with Gasteiger partial charge in [-0.05, 0) is 24.6 Å². The molecular formula is C13H13ClFN3O. The largest absolute Gasteiger partial charge is 0.342 e. The van der Waals surface area contributed by atoms with E-state index in [4.69, 9.17) is 11.6 Å². The molecule has 2 heterocycles. The van der Waals surface area contributed by atoms with Crippen molar-refractivity contribution in [3.63, 3.8) is 0 Å². The summed E-state index contributed by atoms with van der Waals surface area (Å²) in [5.41, 5.74) is 0.429. The highest BCUT2D eigenvalue weighted by atomic mass is 35.5. The number of carbonyl (C=O) groups is 1. The summed E-state index contributed by atoms with van der Waals surface area (Å²) < 4.78 is 14.7. The van der Waals surface area contributed by atoms with Crippen LogP contribution in [0, 0.1) is 5.95 Å². The Balaban J connectivity index is 2.20. The number of hydrogen-bond donors (Lipinski definition) is 1. The summed E-state index contributed by atoms with van der Waals surface area (Å²) in [6, 6.07) is 5.80. The predicted molar refractivity (Wildman–Crippen MR) is 71.9 cm³/mol. The molecule has 2 aromatic rings. The molecule has 0 spiro atoms. The van der Waals surface area contributed by atoms with E-state index in [1.165, 1.54) is 18.2 Å². The molecule has 2 rings (SSSR count). The SMILES string of the molecule is CCCn1cc(Cl)cc1C(=O)Nc1cccc(F)n1. The Morgan fingerprint density at radius 2 is 2.32 bits per heavy atom. The Hall–Kier alpha value is -1.88. The van der Waals surface area contributed by atoms with Gasteiger partial charge in [-0.3, -0.25) is 4.79 Å². The maximum Gasteiger partial charge on any atom is 0.273 e. The molecule has 0 bridgehead atoms. The van der Waals surface area contributed by atoms with Gasteiger partial charge in [0.1, 0.15) is 11.5 Å². The number of nitrogens with zero attached hydrogens (tertiary/aromatic N) is 2. The van der Waals surface area contributed by atoms with Crippen LogP contribution in [0.4, 0.5) is 10.2 Å². The average molecular weight is 282 g/mol. The monoisotopic (exact) mass is 281 g/mol. The number of aryl methyl sites for hydroxylation is 1. The predicted octanol–water partition coefficient (Wildman–Crippen LogP) is 3.34. The molecule has 0 atom stereocenters. The van der Waals surface area contributed by atoms with Crippen molar-refractivity contribution in [2.45, 2.75) is 19.9 Å². The number of hydrogen-bond acceptors (Lipinski definition) is 2. The van der Waals surface area contributed by atoms with Crippen LogP contribution in [0.15, 0.2) is 30.5 Å². The van der Waals surface area contributed by atoms with Gasteiger partial charge in [-0.15, -0.1) is 0 Å². The van der Waals surface area contributed by atoms with Gasteiger partial charge >= 0.3 is 0 Å². The third kappa shape index (κ3) is 3.32. The van der Waals surface area contributed by atoms with Crippen LogP contribution >= 0.6 is 11.6 Å². The number of pyridine rings is 1. The number of anilines is 1. The number of aromatic nitrogens is 2. The van der Waals surface area contributed by atoms with Gasteiger partial charge in [0.25, 0.3) is 5.91 Å². The van der Waals surface area contributed by atoms with Gasteiger partial charge in [-0.2, -0.15) is 4.39 Å². The Bertz CT molecular complexity index is 597. The minimum absolute atomic E-state index is 0.172. The first kappa shape index (κ1) is 13.5. The van der Waals surface area contributed by atoms with Crippen molar-refractivity contribution in [2.75, 3.05) is 5.32 Å². The van der Waals surface area contributed by atoms with Crippen LogP contribution < -0.4 is 5.32 Å². The summed E-state index contributed by atoms with van der Waals surface area (Å²) >= 11 is 5.90. The first-order chi connectivity index (χ1) is 9.10. The van der Waals surface area contributed by atoms with Crippen molar-refractivity contribution in [3.05, 3.63) is 47.1 Å². The standard InChI is InChI=1S/C13H13ClFN3O/c1-2-6-18-8-9(14)7-10(18)13(19)17-12-5-3-4-11(15)16-12/h3-5,7-8H,2,6H2,1H3,(H,16,17,19). The Morgan fingerprint density at radius 3 is 3.00 bits per heavy atom. The van der Waals surface area contributed by atoms with E-state index in [9.17, 15) is 9.18 Å². The second-order valence-electron chi connectivity index (χ2n) is 4.04. The maximum absolute atomic E-state index is 12.9. The second kappa shape index (κ2) is 5.84. The number of nitrogens with one attached hydrogen (secondary N) is 1. The van der Waals surface area contributed by atoms with Crippen molar-refractivity contribution in [3.8, 4) is 0 Å². The number of amides is 1. The van der Waals surface area contributed by atoms with E-state index < -0.39 is 5.95 Å². The normalized spacial score (nSPS) is 10.5. The van der Waals surface area contributed by atoms with Crippen molar-refractivity contribution in [1.82, 2.24) is 9.55 Å². The molecule has 1 amide bonds. The van der Waals surface area contributed by atoms with Gasteiger partial charge in [0.2, 0.25) is 5.95 Å². The van der Waals surface area contributed by atoms with E-state index in [1.54, 1.807) is 16.8 Å². The Labute approximate surface area is 115 Å². The molecule has 0 saturated heterocycles. The average Bonchev–Trinajstić information content (AvgIpc) is 2.71. The van der Waals surface area contributed by atoms with Gasteiger partial charge in [0.05, 0.1) is 5.02 Å². The molecule has 6 heteroatoms. The lowest BCUT2D eigenvalue weighted by molar-refractivity contribution is 0.101. The molecule has 19 heavy (non-hydrogen) atoms. The molecule has 4 nitrogen and oxygen atoms in total. The first-order valence-corrected chi connectivity index (χ1v) is 6.27. The van der Waals surface area contributed by atoms with E-state index in [1.807, 2.05) is 6.92 Å². The highest BCUT2D eigenvalue weighted by molar-refractivity contribution is 6.31. The van der Waals surface area contributed by atoms with Gasteiger partial charge < -0.3 is 9.88 Å². The van der Waals surface area contributed by atoms with Crippen LogP contribution in [-0.2, 0) is 6.54 Å². The quantitative estimate of drug-likeness (QED) is 0.874. The lowest BCUT2D eigenvalue weighted by atomic mass is 10.3. The zero-order valence-electron chi connectivity index (χ0n) is 10.4. The number of halogens is 2. The fraction of sp³-hybridized carbons (Fsp3) is 0.231. The van der Waals surface area contributed by atoms with Gasteiger partial charge in [0.15, 0.2) is 0 Å². The third-order valence-electron chi connectivity index (χ3n) is 2.52. The van der Waals surface area contributed by atoms with E-state index in [0.29, 0.717) is 17.3 Å². The third-order valence-corrected chi connectivity index (χ3v) is 2.72. The van der Waals surface area contributed by atoms with E-state index in [2.05, 4.69) is 10.3 Å². The summed E-state index contributed by atoms with van der Waals surface area (Å²) in [4.78, 5) is 15.7. The molecule has 0 aliphatic rings. The summed E-state index contributed by atoms with van der Waals surface area (Å²) in [6.07, 6.45) is 2.57. The van der Waals surface area contributed by atoms with Crippen LogP contribution in [0.3, 0.4) is 0 Å². The second-order valence-corrected chi connectivity index (χ2v) is 4.47. The van der Waals surface area contributed by atoms with Crippen molar-refractivity contribution in [2.24, 2.45) is 0 Å². The zero-order valence-corrected chi connectivity index (χ0v) is 11.1. The smallest absolute Gasteiger partial charge is 0.273 e. The molecule has 1 N–H and O–H groups in total. The first-order valence-electron chi connectivity index (χ1n) is 5.89. The molecular weight excluding hydrogens is 269 g/mol. The van der Waals surface area contributed by atoms with Crippen molar-refractivity contribution in [1.29, 1.82) is 0 Å². The molecule has 0 saturated carbocycles. The van der Waals surface area contributed by atoms with Crippen LogP contribution in [0.5, 0.6) is 0 Å². The molecule has 0 unspecified atom stereocenters. The topological polar surface area (TPSA) is 46.9 Å². The Morgan fingerprint density at radius 1 is 1.53 bits per heavy atom. The number of rotatable bonds is 4. The molecule has 0 aliphatic carbocycles. The lowest BCUT2D eigenvalue weighted by Gasteiger charge is -2.08. The van der Waals surface area contributed by atoms with Gasteiger partial charge in [-0.25, -0.2) is 4.98 Å². The fourth-order valence-corrected chi connectivity index (χ4v) is 1.97. The van der Waals surface area contributed by atoms with Crippen molar-refractivity contribution < 1.29 is 9.18 Å². The Kier molecular flexibility index (Phi) is 4.16. The summed E-state index contributed by atoms with van der Waals surface area (Å²) in [7, 11) is 0. The molecule has 0 aliphatic heterocycles. The minimum Gasteiger partial charge on any atom is -0.342 e. The highest BCUT2D eigenvalue weighted by Gasteiger charge is 2.13. The summed E-state index contributed by atoms with van der Waals surface area (Å²) in [6.45, 7) is 2.69. The van der Waals surface area contributed by atoms with Gasteiger partial charge in [-0.1, -0.05) is 24.6 Å². The van der Waals surface area contributed by atoms with Crippen LogP contribution in [-0.4, -0.2) is 15.5 Å². The molecule has 100 valence electrons. The van der Waals surface area contributed by atoms with Crippen LogP contribution in [0.2, 0.25) is 5.02 Å². The van der Waals surface area contributed by atoms with E-state index >= 15 is 0 Å². The zero-order chi connectivity index (χ0) is 13.8. The van der Waals surface area contributed by atoms with Crippen LogP contribution in [0.25, 0.3) is 0 Å². The lowest BCUT2D eigenvalue weighted by Crippen LogP contribution is -2.17. The van der Waals surface area contributed by atoms with Gasteiger partial charge in [0, 0.05) is 12.7 Å². The molecule has 0 fully saturated rings. The van der Waals surface area contributed by atoms with E-state index in [0.717, 1.165) is 6.42 Å². The van der Waals surface area contributed by atoms with E-state index in [-0.39, 0.29) is 11.7 Å². The van der Waals surface area contributed by atoms with Crippen LogP contribution in [0.1, 0.15) is 23.8 Å². The summed E-state index contributed by atoms with van der Waals surface area (Å²) in [5, 5.41) is 3.03. The van der Waals surface area contributed by atoms with Crippen molar-refractivity contribution >= 4 is 23.3 Å². The molecule has 0 radical (unpaired) electrons. The molecule has 2 aromatic heterocycles. The maximum atomic E-state index is 12.9. The minimum atomic E-state index is -0.639. The molecule has 0 aromatic carbocycles. The highest BCUT2D eigenvalue weighted by Crippen LogP contribution is 2.16. The fourth-order valence-electron chi connectivity index (χ4n) is 1.75. The number of carbonyl (C=O) groups excluding carboxylic acids is 1. The summed E-state index contributed by atoms with van der Waals surface area (Å²) in [5.74, 6) is -0.830.